The fourth-order valence-corrected chi connectivity index (χ4v) is 1.94. The Morgan fingerprint density at radius 1 is 1.36 bits per heavy atom. The molecule has 1 aromatic carbocycles. The monoisotopic (exact) mass is 201 g/mol. The first-order valence-corrected chi connectivity index (χ1v) is 4.40. The Morgan fingerprint density at radius 2 is 2.07 bits per heavy atom. The van der Waals surface area contributed by atoms with Crippen molar-refractivity contribution < 1.29 is 13.2 Å². The summed E-state index contributed by atoms with van der Waals surface area (Å²) < 4.78 is 38.6. The largest absolute Gasteiger partial charge is 0.317 e. The second-order valence-electron chi connectivity index (χ2n) is 3.61. The molecule has 0 heterocycles. The van der Waals surface area contributed by atoms with Gasteiger partial charge in [0.1, 0.15) is 11.4 Å². The Kier molecular flexibility index (Phi) is 2.03. The molecule has 0 radical (unpaired) electrons. The van der Waals surface area contributed by atoms with E-state index >= 15 is 0 Å². The van der Waals surface area contributed by atoms with Crippen molar-refractivity contribution in [3.63, 3.8) is 0 Å². The first-order valence-electron chi connectivity index (χ1n) is 4.40. The quantitative estimate of drug-likeness (QED) is 0.740. The lowest BCUT2D eigenvalue weighted by Crippen LogP contribution is -2.41. The zero-order valence-corrected chi connectivity index (χ0v) is 7.43. The Balaban J connectivity index is 2.55. The summed E-state index contributed by atoms with van der Waals surface area (Å²) >= 11 is 0. The number of hydrogen-bond acceptors (Lipinski definition) is 1. The molecular weight excluding hydrogens is 191 g/mol. The third-order valence-electron chi connectivity index (χ3n) is 2.80. The van der Waals surface area contributed by atoms with E-state index in [1.807, 2.05) is 0 Å². The SMILES string of the molecule is NC1(C(F)F)CCc2c(F)cccc21. The van der Waals surface area contributed by atoms with Gasteiger partial charge in [-0.05, 0) is 30.0 Å². The minimum Gasteiger partial charge on any atom is -0.317 e. The highest BCUT2D eigenvalue weighted by molar-refractivity contribution is 5.39. The second-order valence-corrected chi connectivity index (χ2v) is 3.61. The Morgan fingerprint density at radius 3 is 2.71 bits per heavy atom. The Hall–Kier alpha value is -1.03. The highest BCUT2D eigenvalue weighted by atomic mass is 19.3. The predicted octanol–water partition coefficient (Wildman–Crippen LogP) is 2.19. The van der Waals surface area contributed by atoms with Crippen molar-refractivity contribution >= 4 is 0 Å². The van der Waals surface area contributed by atoms with Crippen LogP contribution in [-0.4, -0.2) is 6.43 Å². The first kappa shape index (κ1) is 9.52. The predicted molar refractivity (Wildman–Crippen MR) is 46.6 cm³/mol. The molecule has 0 saturated heterocycles. The summed E-state index contributed by atoms with van der Waals surface area (Å²) in [4.78, 5) is 0. The molecule has 2 N–H and O–H groups in total. The van der Waals surface area contributed by atoms with Crippen LogP contribution in [0.5, 0.6) is 0 Å². The molecule has 2 rings (SSSR count). The lowest BCUT2D eigenvalue weighted by atomic mass is 9.94. The molecule has 0 bridgehead atoms. The van der Waals surface area contributed by atoms with Gasteiger partial charge in [0.15, 0.2) is 0 Å². The number of halogens is 3. The summed E-state index contributed by atoms with van der Waals surface area (Å²) in [7, 11) is 0. The fourth-order valence-electron chi connectivity index (χ4n) is 1.94. The highest BCUT2D eigenvalue weighted by Gasteiger charge is 2.43. The average molecular weight is 201 g/mol. The molecule has 0 aliphatic heterocycles. The van der Waals surface area contributed by atoms with Gasteiger partial charge in [-0.15, -0.1) is 0 Å². The van der Waals surface area contributed by atoms with Crippen LogP contribution >= 0.6 is 0 Å². The van der Waals surface area contributed by atoms with Crippen LogP contribution in [0.1, 0.15) is 17.5 Å². The zero-order valence-electron chi connectivity index (χ0n) is 7.43. The van der Waals surface area contributed by atoms with E-state index in [1.165, 1.54) is 18.2 Å². The van der Waals surface area contributed by atoms with Crippen molar-refractivity contribution in [2.45, 2.75) is 24.8 Å². The van der Waals surface area contributed by atoms with Crippen molar-refractivity contribution in [1.82, 2.24) is 0 Å². The minimum atomic E-state index is -2.65. The number of hydrogen-bond donors (Lipinski definition) is 1. The molecule has 1 aromatic rings. The lowest BCUT2D eigenvalue weighted by Gasteiger charge is -2.23. The van der Waals surface area contributed by atoms with Gasteiger partial charge in [0.05, 0.1) is 0 Å². The smallest absolute Gasteiger partial charge is 0.260 e. The summed E-state index contributed by atoms with van der Waals surface area (Å²) in [5.74, 6) is -0.435. The maximum Gasteiger partial charge on any atom is 0.260 e. The van der Waals surface area contributed by atoms with Gasteiger partial charge in [-0.3, -0.25) is 0 Å². The first-order chi connectivity index (χ1) is 6.55. The molecule has 0 saturated carbocycles. The average Bonchev–Trinajstić information content (AvgIpc) is 2.47. The van der Waals surface area contributed by atoms with E-state index in [1.54, 1.807) is 0 Å². The molecule has 1 nitrogen and oxygen atoms in total. The molecule has 0 amide bonds. The van der Waals surface area contributed by atoms with E-state index in [4.69, 9.17) is 5.73 Å². The number of fused-ring (bicyclic) bond motifs is 1. The summed E-state index contributed by atoms with van der Waals surface area (Å²) in [6.45, 7) is 0. The standard InChI is InChI=1S/C10H10F3N/c11-8-3-1-2-7-6(8)4-5-10(7,14)9(12)13/h1-3,9H,4-5,14H2. The summed E-state index contributed by atoms with van der Waals surface area (Å²) in [6.07, 6.45) is -2.24. The molecule has 0 aromatic heterocycles. The second kappa shape index (κ2) is 2.98. The zero-order chi connectivity index (χ0) is 10.3. The topological polar surface area (TPSA) is 26.0 Å². The van der Waals surface area contributed by atoms with Crippen LogP contribution in [0.15, 0.2) is 18.2 Å². The summed E-state index contributed by atoms with van der Waals surface area (Å²) in [5, 5.41) is 0. The van der Waals surface area contributed by atoms with Gasteiger partial charge in [-0.2, -0.15) is 0 Å². The summed E-state index contributed by atoms with van der Waals surface area (Å²) in [6, 6.07) is 4.18. The lowest BCUT2D eigenvalue weighted by molar-refractivity contribution is 0.0528. The highest BCUT2D eigenvalue weighted by Crippen LogP contribution is 2.39. The molecule has 76 valence electrons. The van der Waals surface area contributed by atoms with E-state index in [2.05, 4.69) is 0 Å². The van der Waals surface area contributed by atoms with E-state index in [-0.39, 0.29) is 12.0 Å². The van der Waals surface area contributed by atoms with Gasteiger partial charge >= 0.3 is 0 Å². The van der Waals surface area contributed by atoms with Crippen LogP contribution < -0.4 is 5.73 Å². The van der Waals surface area contributed by atoms with E-state index in [0.29, 0.717) is 12.0 Å². The Bertz CT molecular complexity index is 364. The number of rotatable bonds is 1. The van der Waals surface area contributed by atoms with Crippen molar-refractivity contribution in [3.05, 3.63) is 35.1 Å². The van der Waals surface area contributed by atoms with Gasteiger partial charge in [-0.25, -0.2) is 13.2 Å². The van der Waals surface area contributed by atoms with Crippen molar-refractivity contribution in [2.24, 2.45) is 5.73 Å². The Labute approximate surface area is 79.7 Å². The van der Waals surface area contributed by atoms with Crippen LogP contribution in [0, 0.1) is 5.82 Å². The molecule has 1 aliphatic rings. The van der Waals surface area contributed by atoms with E-state index in [0.717, 1.165) is 0 Å². The number of alkyl halides is 2. The summed E-state index contributed by atoms with van der Waals surface area (Å²) in [5.41, 5.74) is 4.51. The van der Waals surface area contributed by atoms with E-state index < -0.39 is 17.8 Å². The molecule has 1 atom stereocenters. The molecular formula is C10H10F3N. The van der Waals surface area contributed by atoms with Crippen LogP contribution in [-0.2, 0) is 12.0 Å². The van der Waals surface area contributed by atoms with Gasteiger partial charge in [0, 0.05) is 0 Å². The van der Waals surface area contributed by atoms with Gasteiger partial charge < -0.3 is 5.73 Å². The molecule has 0 fully saturated rings. The van der Waals surface area contributed by atoms with E-state index in [9.17, 15) is 13.2 Å². The number of nitrogens with two attached hydrogens (primary N) is 1. The third-order valence-corrected chi connectivity index (χ3v) is 2.80. The minimum absolute atomic E-state index is 0.112. The third kappa shape index (κ3) is 1.14. The number of benzene rings is 1. The van der Waals surface area contributed by atoms with Crippen LogP contribution in [0.4, 0.5) is 13.2 Å². The van der Waals surface area contributed by atoms with Crippen molar-refractivity contribution in [3.8, 4) is 0 Å². The normalized spacial score (nSPS) is 25.5. The van der Waals surface area contributed by atoms with Crippen LogP contribution in [0.25, 0.3) is 0 Å². The molecule has 0 spiro atoms. The van der Waals surface area contributed by atoms with Gasteiger partial charge in [0.2, 0.25) is 0 Å². The maximum atomic E-state index is 13.2. The van der Waals surface area contributed by atoms with Crippen molar-refractivity contribution in [1.29, 1.82) is 0 Å². The molecule has 1 unspecified atom stereocenters. The molecule has 14 heavy (non-hydrogen) atoms. The van der Waals surface area contributed by atoms with Crippen molar-refractivity contribution in [2.75, 3.05) is 0 Å². The fraction of sp³-hybridized carbons (Fsp3) is 0.400. The maximum absolute atomic E-state index is 13.2. The van der Waals surface area contributed by atoms with Gasteiger partial charge in [0.25, 0.3) is 6.43 Å². The molecule has 4 heteroatoms. The van der Waals surface area contributed by atoms with Crippen LogP contribution in [0.3, 0.4) is 0 Å². The molecule has 1 aliphatic carbocycles. The van der Waals surface area contributed by atoms with Crippen LogP contribution in [0.2, 0.25) is 0 Å². The van der Waals surface area contributed by atoms with Gasteiger partial charge in [-0.1, -0.05) is 12.1 Å².